The maximum Gasteiger partial charge on any atom is 0.271 e. The fraction of sp³-hybridized carbons (Fsp3) is 0.455. The van der Waals surface area contributed by atoms with Crippen LogP contribution in [-0.2, 0) is 9.53 Å². The van der Waals surface area contributed by atoms with E-state index in [9.17, 15) is 9.59 Å². The third-order valence-corrected chi connectivity index (χ3v) is 2.03. The third-order valence-electron chi connectivity index (χ3n) is 2.03. The minimum absolute atomic E-state index is 0.160. The molecule has 8 heteroatoms. The first-order valence-electron chi connectivity index (χ1n) is 5.85. The Balaban J connectivity index is 2.30. The lowest BCUT2D eigenvalue weighted by atomic mass is 10.3. The summed E-state index contributed by atoms with van der Waals surface area (Å²) >= 11 is 0. The van der Waals surface area contributed by atoms with Gasteiger partial charge in [-0.05, 0) is 19.1 Å². The smallest absolute Gasteiger partial charge is 0.271 e. The summed E-state index contributed by atoms with van der Waals surface area (Å²) in [5.74, 6) is -0.279. The predicted octanol–water partition coefficient (Wildman–Crippen LogP) is -0.860. The molecule has 0 aromatic carbocycles. The Morgan fingerprint density at radius 3 is 2.74 bits per heavy atom. The topological polar surface area (TPSA) is 119 Å². The summed E-state index contributed by atoms with van der Waals surface area (Å²) in [5, 5.41) is 13.2. The Morgan fingerprint density at radius 2 is 2.16 bits per heavy atom. The van der Waals surface area contributed by atoms with Crippen molar-refractivity contribution in [3.63, 3.8) is 0 Å². The Morgan fingerprint density at radius 1 is 1.37 bits per heavy atom. The molecular formula is C11H17N5O3. The van der Waals surface area contributed by atoms with Gasteiger partial charge in [0.05, 0.1) is 6.61 Å². The second kappa shape index (κ2) is 7.98. The zero-order chi connectivity index (χ0) is 14.1. The van der Waals surface area contributed by atoms with Gasteiger partial charge in [0.2, 0.25) is 5.91 Å². The normalized spacial score (nSPS) is 9.95. The standard InChI is InChI=1S/C11H17N5O3/c1-2-13-10-4-3-8(15-16-10)11(18)14-5-6-19-7-9(12)17/h3-4H,2,5-7H2,1H3,(H2,12,17)(H,13,16)(H,14,18). The summed E-state index contributed by atoms with van der Waals surface area (Å²) in [4.78, 5) is 22.0. The van der Waals surface area contributed by atoms with Crippen molar-refractivity contribution in [3.05, 3.63) is 17.8 Å². The van der Waals surface area contributed by atoms with E-state index in [4.69, 9.17) is 10.5 Å². The van der Waals surface area contributed by atoms with Crippen LogP contribution >= 0.6 is 0 Å². The second-order valence-electron chi connectivity index (χ2n) is 3.61. The zero-order valence-corrected chi connectivity index (χ0v) is 10.7. The van der Waals surface area contributed by atoms with Crippen LogP contribution in [-0.4, -0.2) is 48.3 Å². The van der Waals surface area contributed by atoms with E-state index in [2.05, 4.69) is 20.8 Å². The number of nitrogens with one attached hydrogen (secondary N) is 2. The molecular weight excluding hydrogens is 250 g/mol. The van der Waals surface area contributed by atoms with Crippen LogP contribution in [0.3, 0.4) is 0 Å². The van der Waals surface area contributed by atoms with E-state index in [1.807, 2.05) is 6.92 Å². The van der Waals surface area contributed by atoms with Gasteiger partial charge in [0.1, 0.15) is 12.4 Å². The van der Waals surface area contributed by atoms with Crippen LogP contribution in [0.1, 0.15) is 17.4 Å². The fourth-order valence-electron chi connectivity index (χ4n) is 1.23. The van der Waals surface area contributed by atoms with E-state index < -0.39 is 5.91 Å². The SMILES string of the molecule is CCNc1ccc(C(=O)NCCOCC(N)=O)nn1. The molecule has 0 aliphatic rings. The average Bonchev–Trinajstić information content (AvgIpc) is 2.39. The highest BCUT2D eigenvalue weighted by molar-refractivity contribution is 5.92. The van der Waals surface area contributed by atoms with E-state index in [0.717, 1.165) is 6.54 Å². The van der Waals surface area contributed by atoms with Crippen LogP contribution < -0.4 is 16.4 Å². The Kier molecular flexibility index (Phi) is 6.23. The number of hydrogen-bond acceptors (Lipinski definition) is 6. The van der Waals surface area contributed by atoms with E-state index in [1.54, 1.807) is 12.1 Å². The van der Waals surface area contributed by atoms with Gasteiger partial charge in [-0.1, -0.05) is 0 Å². The minimum Gasteiger partial charge on any atom is -0.370 e. The number of anilines is 1. The van der Waals surface area contributed by atoms with Crippen molar-refractivity contribution in [2.45, 2.75) is 6.92 Å². The molecule has 0 bridgehead atoms. The molecule has 104 valence electrons. The number of amides is 2. The molecule has 0 unspecified atom stereocenters. The van der Waals surface area contributed by atoms with Crippen molar-refractivity contribution in [2.24, 2.45) is 5.73 Å². The Bertz CT molecular complexity index is 421. The van der Waals surface area contributed by atoms with Gasteiger partial charge in [-0.3, -0.25) is 9.59 Å². The van der Waals surface area contributed by atoms with Gasteiger partial charge in [0.15, 0.2) is 5.69 Å². The van der Waals surface area contributed by atoms with Gasteiger partial charge in [-0.15, -0.1) is 10.2 Å². The Labute approximate surface area is 110 Å². The van der Waals surface area contributed by atoms with Crippen molar-refractivity contribution in [3.8, 4) is 0 Å². The first kappa shape index (κ1) is 14.8. The van der Waals surface area contributed by atoms with Gasteiger partial charge in [0, 0.05) is 13.1 Å². The highest BCUT2D eigenvalue weighted by Gasteiger charge is 2.07. The first-order chi connectivity index (χ1) is 9.13. The molecule has 0 radical (unpaired) electrons. The van der Waals surface area contributed by atoms with Crippen LogP contribution in [0.15, 0.2) is 12.1 Å². The number of hydrogen-bond donors (Lipinski definition) is 3. The maximum atomic E-state index is 11.6. The van der Waals surface area contributed by atoms with Crippen LogP contribution in [0, 0.1) is 0 Å². The molecule has 0 fully saturated rings. The molecule has 1 rings (SSSR count). The maximum absolute atomic E-state index is 11.6. The van der Waals surface area contributed by atoms with Gasteiger partial charge >= 0.3 is 0 Å². The monoisotopic (exact) mass is 267 g/mol. The summed E-state index contributed by atoms with van der Waals surface area (Å²) in [6, 6.07) is 3.25. The van der Waals surface area contributed by atoms with Crippen molar-refractivity contribution in [2.75, 3.05) is 31.6 Å². The highest BCUT2D eigenvalue weighted by Crippen LogP contribution is 2.01. The van der Waals surface area contributed by atoms with Gasteiger partial charge in [-0.2, -0.15) is 0 Å². The second-order valence-corrected chi connectivity index (χ2v) is 3.61. The van der Waals surface area contributed by atoms with Crippen LogP contribution in [0.5, 0.6) is 0 Å². The van der Waals surface area contributed by atoms with Gasteiger partial charge in [-0.25, -0.2) is 0 Å². The van der Waals surface area contributed by atoms with Gasteiger partial charge < -0.3 is 21.1 Å². The summed E-state index contributed by atoms with van der Waals surface area (Å²) in [6.07, 6.45) is 0. The van der Waals surface area contributed by atoms with Crippen molar-refractivity contribution >= 4 is 17.6 Å². The molecule has 8 nitrogen and oxygen atoms in total. The fourth-order valence-corrected chi connectivity index (χ4v) is 1.23. The molecule has 0 saturated carbocycles. The van der Waals surface area contributed by atoms with Crippen molar-refractivity contribution < 1.29 is 14.3 Å². The average molecular weight is 267 g/mol. The number of carbonyl (C=O) groups is 2. The van der Waals surface area contributed by atoms with E-state index in [0.29, 0.717) is 5.82 Å². The zero-order valence-electron chi connectivity index (χ0n) is 10.7. The first-order valence-corrected chi connectivity index (χ1v) is 5.85. The lowest BCUT2D eigenvalue weighted by molar-refractivity contribution is -0.122. The number of nitrogens with zero attached hydrogens (tertiary/aromatic N) is 2. The number of nitrogens with two attached hydrogens (primary N) is 1. The molecule has 0 spiro atoms. The summed E-state index contributed by atoms with van der Waals surface area (Å²) in [7, 11) is 0. The Hall–Kier alpha value is -2.22. The molecule has 0 saturated heterocycles. The lowest BCUT2D eigenvalue weighted by Crippen LogP contribution is -2.29. The number of aromatic nitrogens is 2. The number of ether oxygens (including phenoxy) is 1. The van der Waals surface area contributed by atoms with E-state index in [1.165, 1.54) is 0 Å². The molecule has 1 aromatic heterocycles. The van der Waals surface area contributed by atoms with Crippen molar-refractivity contribution in [1.29, 1.82) is 0 Å². The predicted molar refractivity (Wildman–Crippen MR) is 68.5 cm³/mol. The minimum atomic E-state index is -0.545. The number of primary amides is 1. The quantitative estimate of drug-likeness (QED) is 0.527. The van der Waals surface area contributed by atoms with Crippen molar-refractivity contribution in [1.82, 2.24) is 15.5 Å². The summed E-state index contributed by atoms with van der Waals surface area (Å²) < 4.78 is 4.90. The van der Waals surface area contributed by atoms with Crippen LogP contribution in [0.25, 0.3) is 0 Å². The third kappa shape index (κ3) is 5.77. The lowest BCUT2D eigenvalue weighted by Gasteiger charge is -2.05. The number of rotatable bonds is 8. The van der Waals surface area contributed by atoms with Gasteiger partial charge in [0.25, 0.3) is 5.91 Å². The van der Waals surface area contributed by atoms with Crippen LogP contribution in [0.4, 0.5) is 5.82 Å². The van der Waals surface area contributed by atoms with E-state index >= 15 is 0 Å². The molecule has 0 atom stereocenters. The molecule has 2 amide bonds. The molecule has 4 N–H and O–H groups in total. The summed E-state index contributed by atoms with van der Waals surface area (Å²) in [6.45, 7) is 2.99. The molecule has 1 aromatic rings. The number of carbonyl (C=O) groups excluding carboxylic acids is 2. The van der Waals surface area contributed by atoms with Crippen LogP contribution in [0.2, 0.25) is 0 Å². The molecule has 0 aliphatic carbocycles. The largest absolute Gasteiger partial charge is 0.370 e. The highest BCUT2D eigenvalue weighted by atomic mass is 16.5. The van der Waals surface area contributed by atoms with E-state index in [-0.39, 0.29) is 31.4 Å². The molecule has 0 aliphatic heterocycles. The molecule has 1 heterocycles. The molecule has 19 heavy (non-hydrogen) atoms. The summed E-state index contributed by atoms with van der Waals surface area (Å²) in [5.41, 5.74) is 5.11.